The van der Waals surface area contributed by atoms with Crippen LogP contribution in [0.2, 0.25) is 10.0 Å². The molecule has 5 heteroatoms. The SMILES string of the molecule is CC(C)(C)SC(=Nc1ccc(Cl)cc1Cl)c1cccnc1. The van der Waals surface area contributed by atoms with Crippen LogP contribution in [0.5, 0.6) is 0 Å². The maximum atomic E-state index is 6.22. The summed E-state index contributed by atoms with van der Waals surface area (Å²) in [6, 6.07) is 9.20. The van der Waals surface area contributed by atoms with Crippen molar-refractivity contribution in [1.29, 1.82) is 0 Å². The van der Waals surface area contributed by atoms with E-state index >= 15 is 0 Å². The van der Waals surface area contributed by atoms with Gasteiger partial charge in [0.25, 0.3) is 0 Å². The van der Waals surface area contributed by atoms with Gasteiger partial charge in [-0.25, -0.2) is 4.99 Å². The van der Waals surface area contributed by atoms with E-state index in [1.54, 1.807) is 36.3 Å². The van der Waals surface area contributed by atoms with Gasteiger partial charge in [-0.05, 0) is 30.3 Å². The van der Waals surface area contributed by atoms with Gasteiger partial charge in [-0.3, -0.25) is 4.98 Å². The van der Waals surface area contributed by atoms with Gasteiger partial charge in [0.05, 0.1) is 10.7 Å². The molecular weight excluding hydrogens is 323 g/mol. The molecule has 0 bridgehead atoms. The van der Waals surface area contributed by atoms with Gasteiger partial charge in [0.2, 0.25) is 0 Å². The summed E-state index contributed by atoms with van der Waals surface area (Å²) in [7, 11) is 0. The highest BCUT2D eigenvalue weighted by atomic mass is 35.5. The van der Waals surface area contributed by atoms with E-state index in [1.165, 1.54) is 0 Å². The Morgan fingerprint density at radius 2 is 1.95 bits per heavy atom. The van der Waals surface area contributed by atoms with Gasteiger partial charge in [-0.15, -0.1) is 0 Å². The zero-order valence-corrected chi connectivity index (χ0v) is 14.4. The second-order valence-corrected chi connectivity index (χ2v) is 8.13. The van der Waals surface area contributed by atoms with E-state index in [9.17, 15) is 0 Å². The lowest BCUT2D eigenvalue weighted by Crippen LogP contribution is -2.12. The average molecular weight is 339 g/mol. The molecule has 1 aromatic carbocycles. The molecule has 0 aliphatic rings. The molecule has 0 radical (unpaired) electrons. The van der Waals surface area contributed by atoms with Gasteiger partial charge < -0.3 is 0 Å². The average Bonchev–Trinajstić information content (AvgIpc) is 2.40. The third-order valence-electron chi connectivity index (χ3n) is 2.44. The fraction of sp³-hybridized carbons (Fsp3) is 0.250. The first-order valence-corrected chi connectivity index (χ1v) is 8.05. The number of rotatable bonds is 2. The Hall–Kier alpha value is -1.03. The van der Waals surface area contributed by atoms with Gasteiger partial charge >= 0.3 is 0 Å². The first-order chi connectivity index (χ1) is 9.85. The van der Waals surface area contributed by atoms with Crippen LogP contribution >= 0.6 is 35.0 Å². The van der Waals surface area contributed by atoms with E-state index in [4.69, 9.17) is 28.2 Å². The van der Waals surface area contributed by atoms with Crippen molar-refractivity contribution < 1.29 is 0 Å². The molecule has 0 amide bonds. The van der Waals surface area contributed by atoms with Crippen LogP contribution in [0.3, 0.4) is 0 Å². The summed E-state index contributed by atoms with van der Waals surface area (Å²) < 4.78 is 0.0353. The third-order valence-corrected chi connectivity index (χ3v) is 4.11. The van der Waals surface area contributed by atoms with Crippen LogP contribution in [0.15, 0.2) is 47.7 Å². The molecule has 0 N–H and O–H groups in total. The summed E-state index contributed by atoms with van der Waals surface area (Å²) in [6.07, 6.45) is 3.56. The molecule has 0 aliphatic heterocycles. The predicted octanol–water partition coefficient (Wildman–Crippen LogP) is 6.00. The summed E-state index contributed by atoms with van der Waals surface area (Å²) in [4.78, 5) is 8.87. The zero-order chi connectivity index (χ0) is 15.5. The van der Waals surface area contributed by atoms with Crippen molar-refractivity contribution >= 4 is 45.7 Å². The molecule has 21 heavy (non-hydrogen) atoms. The molecule has 0 spiro atoms. The molecule has 2 aromatic rings. The number of thioether (sulfide) groups is 1. The van der Waals surface area contributed by atoms with Crippen LogP contribution in [0.1, 0.15) is 26.3 Å². The number of benzene rings is 1. The van der Waals surface area contributed by atoms with Gasteiger partial charge in [0.15, 0.2) is 0 Å². The molecule has 2 nitrogen and oxygen atoms in total. The molecule has 1 aromatic heterocycles. The highest BCUT2D eigenvalue weighted by Crippen LogP contribution is 2.33. The molecule has 0 aliphatic carbocycles. The van der Waals surface area contributed by atoms with Crippen LogP contribution in [0, 0.1) is 0 Å². The van der Waals surface area contributed by atoms with Crippen LogP contribution in [-0.2, 0) is 0 Å². The van der Waals surface area contributed by atoms with Crippen LogP contribution < -0.4 is 0 Å². The summed E-state index contributed by atoms with van der Waals surface area (Å²) in [6.45, 7) is 6.44. The minimum Gasteiger partial charge on any atom is -0.264 e. The van der Waals surface area contributed by atoms with Crippen molar-refractivity contribution in [2.24, 2.45) is 4.99 Å². The standard InChI is InChI=1S/C16H16Cl2N2S/c1-16(2,3)21-15(11-5-4-8-19-10-11)20-14-7-6-12(17)9-13(14)18/h4-10H,1-3H3. The molecular formula is C16H16Cl2N2S. The third kappa shape index (κ3) is 5.03. The maximum Gasteiger partial charge on any atom is 0.106 e. The maximum absolute atomic E-state index is 6.22. The zero-order valence-electron chi connectivity index (χ0n) is 12.1. The molecule has 1 heterocycles. The summed E-state index contributed by atoms with van der Waals surface area (Å²) in [5, 5.41) is 2.03. The van der Waals surface area contributed by atoms with Crippen molar-refractivity contribution in [2.75, 3.05) is 0 Å². The van der Waals surface area contributed by atoms with Crippen LogP contribution in [0.25, 0.3) is 0 Å². The van der Waals surface area contributed by atoms with E-state index in [0.29, 0.717) is 15.7 Å². The van der Waals surface area contributed by atoms with Crippen molar-refractivity contribution in [3.63, 3.8) is 0 Å². The highest BCUT2D eigenvalue weighted by Gasteiger charge is 2.17. The molecule has 0 atom stereocenters. The van der Waals surface area contributed by atoms with E-state index in [2.05, 4.69) is 25.8 Å². The molecule has 110 valence electrons. The first kappa shape index (κ1) is 16.3. The number of pyridine rings is 1. The van der Waals surface area contributed by atoms with Gasteiger partial charge in [0, 0.05) is 27.7 Å². The van der Waals surface area contributed by atoms with E-state index in [-0.39, 0.29) is 4.75 Å². The van der Waals surface area contributed by atoms with Crippen LogP contribution in [-0.4, -0.2) is 14.8 Å². The monoisotopic (exact) mass is 338 g/mol. The predicted molar refractivity (Wildman–Crippen MR) is 94.2 cm³/mol. The summed E-state index contributed by atoms with van der Waals surface area (Å²) in [5.74, 6) is 0. The summed E-state index contributed by atoms with van der Waals surface area (Å²) in [5.41, 5.74) is 1.68. The smallest absolute Gasteiger partial charge is 0.106 e. The van der Waals surface area contributed by atoms with Crippen LogP contribution in [0.4, 0.5) is 5.69 Å². The normalized spacial score (nSPS) is 12.5. The number of nitrogens with zero attached hydrogens (tertiary/aromatic N) is 2. The van der Waals surface area contributed by atoms with Gasteiger partial charge in [0.1, 0.15) is 5.04 Å². The topological polar surface area (TPSA) is 25.2 Å². The number of aromatic nitrogens is 1. The first-order valence-electron chi connectivity index (χ1n) is 6.48. The highest BCUT2D eigenvalue weighted by molar-refractivity contribution is 8.15. The lowest BCUT2D eigenvalue weighted by molar-refractivity contribution is 0.809. The molecule has 0 fully saturated rings. The molecule has 0 saturated carbocycles. The Morgan fingerprint density at radius 1 is 1.19 bits per heavy atom. The van der Waals surface area contributed by atoms with Gasteiger partial charge in [-0.1, -0.05) is 55.7 Å². The van der Waals surface area contributed by atoms with Crippen molar-refractivity contribution in [1.82, 2.24) is 4.98 Å². The van der Waals surface area contributed by atoms with E-state index in [0.717, 1.165) is 10.6 Å². The Kier molecular flexibility index (Phi) is 5.31. The second-order valence-electron chi connectivity index (χ2n) is 5.47. The minimum absolute atomic E-state index is 0.0353. The number of hydrogen-bond donors (Lipinski definition) is 0. The Bertz CT molecular complexity index is 649. The van der Waals surface area contributed by atoms with Crippen molar-refractivity contribution in [2.45, 2.75) is 25.5 Å². The van der Waals surface area contributed by atoms with Crippen molar-refractivity contribution in [3.8, 4) is 0 Å². The van der Waals surface area contributed by atoms with Gasteiger partial charge in [-0.2, -0.15) is 0 Å². The van der Waals surface area contributed by atoms with E-state index < -0.39 is 0 Å². The van der Waals surface area contributed by atoms with Crippen molar-refractivity contribution in [3.05, 3.63) is 58.3 Å². The largest absolute Gasteiger partial charge is 0.264 e. The minimum atomic E-state index is 0.0353. The number of halogens is 2. The quantitative estimate of drug-likeness (QED) is 0.495. The fourth-order valence-corrected chi connectivity index (χ4v) is 3.02. The molecule has 0 saturated heterocycles. The summed E-state index contributed by atoms with van der Waals surface area (Å²) >= 11 is 13.8. The van der Waals surface area contributed by atoms with E-state index in [1.807, 2.05) is 18.2 Å². The Balaban J connectivity index is 2.46. The Labute approximate surface area is 139 Å². The Morgan fingerprint density at radius 3 is 2.52 bits per heavy atom. The second kappa shape index (κ2) is 6.82. The molecule has 0 unspecified atom stereocenters. The number of hydrogen-bond acceptors (Lipinski definition) is 3. The lowest BCUT2D eigenvalue weighted by atomic mass is 10.2. The molecule has 2 rings (SSSR count). The number of aliphatic imine (C=N–C) groups is 1. The fourth-order valence-electron chi connectivity index (χ4n) is 1.61. The lowest BCUT2D eigenvalue weighted by Gasteiger charge is -2.19.